The molecule has 0 saturated heterocycles. The van der Waals surface area contributed by atoms with Gasteiger partial charge >= 0.3 is 0 Å². The lowest BCUT2D eigenvalue weighted by atomic mass is 10.4. The molecule has 16 heavy (non-hydrogen) atoms. The maximum atomic E-state index is 12.6. The highest BCUT2D eigenvalue weighted by Crippen LogP contribution is 2.08. The maximum absolute atomic E-state index is 12.6. The molecule has 5 heteroatoms. The standard InChI is InChI=1S/C11H12FN3O/c1-2-9-6-15-11(16-9)7-14-10-4-3-8(12)5-13-10/h3-6H,2,7H2,1H3,(H,13,14). The molecule has 2 aromatic heterocycles. The number of halogens is 1. The van der Waals surface area contributed by atoms with Gasteiger partial charge in [-0.1, -0.05) is 6.92 Å². The molecule has 2 aromatic rings. The van der Waals surface area contributed by atoms with Crippen LogP contribution < -0.4 is 5.32 Å². The lowest BCUT2D eigenvalue weighted by Gasteiger charge is -2.01. The first-order valence-corrected chi connectivity index (χ1v) is 5.07. The van der Waals surface area contributed by atoms with Gasteiger partial charge in [0.15, 0.2) is 0 Å². The molecule has 0 unspecified atom stereocenters. The number of oxazole rings is 1. The minimum Gasteiger partial charge on any atom is -0.444 e. The van der Waals surface area contributed by atoms with Crippen LogP contribution in [-0.2, 0) is 13.0 Å². The van der Waals surface area contributed by atoms with Gasteiger partial charge in [-0.2, -0.15) is 0 Å². The van der Waals surface area contributed by atoms with Crippen LogP contribution in [0, 0.1) is 5.82 Å². The Balaban J connectivity index is 1.94. The van der Waals surface area contributed by atoms with E-state index in [1.807, 2.05) is 6.92 Å². The zero-order valence-electron chi connectivity index (χ0n) is 8.90. The summed E-state index contributed by atoms with van der Waals surface area (Å²) < 4.78 is 18.0. The van der Waals surface area contributed by atoms with Crippen LogP contribution in [0.5, 0.6) is 0 Å². The average molecular weight is 221 g/mol. The summed E-state index contributed by atoms with van der Waals surface area (Å²) in [4.78, 5) is 7.95. The van der Waals surface area contributed by atoms with Gasteiger partial charge in [0.2, 0.25) is 5.89 Å². The monoisotopic (exact) mass is 221 g/mol. The minimum atomic E-state index is -0.352. The van der Waals surface area contributed by atoms with Crippen LogP contribution in [0.1, 0.15) is 18.6 Å². The maximum Gasteiger partial charge on any atom is 0.213 e. The van der Waals surface area contributed by atoms with E-state index in [-0.39, 0.29) is 5.82 Å². The van der Waals surface area contributed by atoms with Gasteiger partial charge in [-0.15, -0.1) is 0 Å². The van der Waals surface area contributed by atoms with Gasteiger partial charge in [-0.3, -0.25) is 0 Å². The summed E-state index contributed by atoms with van der Waals surface area (Å²) in [7, 11) is 0. The molecule has 0 fully saturated rings. The predicted octanol–water partition coefficient (Wildman–Crippen LogP) is 2.38. The van der Waals surface area contributed by atoms with E-state index in [0.717, 1.165) is 18.4 Å². The predicted molar refractivity (Wildman–Crippen MR) is 57.4 cm³/mol. The fourth-order valence-corrected chi connectivity index (χ4v) is 1.24. The molecule has 0 aliphatic carbocycles. The molecule has 4 nitrogen and oxygen atoms in total. The molecular formula is C11H12FN3O. The summed E-state index contributed by atoms with van der Waals surface area (Å²) in [5.41, 5.74) is 0. The minimum absolute atomic E-state index is 0.352. The molecular weight excluding hydrogens is 209 g/mol. The number of rotatable bonds is 4. The Labute approximate surface area is 92.5 Å². The third-order valence-electron chi connectivity index (χ3n) is 2.10. The van der Waals surface area contributed by atoms with Crippen molar-refractivity contribution in [1.82, 2.24) is 9.97 Å². The van der Waals surface area contributed by atoms with Crippen molar-refractivity contribution in [2.24, 2.45) is 0 Å². The van der Waals surface area contributed by atoms with Gasteiger partial charge in [-0.05, 0) is 12.1 Å². The van der Waals surface area contributed by atoms with E-state index in [4.69, 9.17) is 4.42 Å². The van der Waals surface area contributed by atoms with Crippen molar-refractivity contribution in [2.75, 3.05) is 5.32 Å². The van der Waals surface area contributed by atoms with Crippen LogP contribution in [0.2, 0.25) is 0 Å². The number of nitrogens with zero attached hydrogens (tertiary/aromatic N) is 2. The zero-order valence-corrected chi connectivity index (χ0v) is 8.90. The van der Waals surface area contributed by atoms with Gasteiger partial charge in [0.05, 0.1) is 18.9 Å². The van der Waals surface area contributed by atoms with Crippen LogP contribution in [0.4, 0.5) is 10.2 Å². The quantitative estimate of drug-likeness (QED) is 0.861. The molecule has 0 aliphatic heterocycles. The first-order valence-electron chi connectivity index (χ1n) is 5.07. The summed E-state index contributed by atoms with van der Waals surface area (Å²) in [5, 5.41) is 2.99. The van der Waals surface area contributed by atoms with Crippen LogP contribution in [0.15, 0.2) is 28.9 Å². The third-order valence-corrected chi connectivity index (χ3v) is 2.10. The Hall–Kier alpha value is -1.91. The van der Waals surface area contributed by atoms with Crippen molar-refractivity contribution < 1.29 is 8.81 Å². The number of hydrogen-bond donors (Lipinski definition) is 1. The van der Waals surface area contributed by atoms with E-state index in [0.29, 0.717) is 18.3 Å². The highest BCUT2D eigenvalue weighted by Gasteiger charge is 2.02. The first kappa shape index (κ1) is 10.6. The second-order valence-electron chi connectivity index (χ2n) is 3.29. The van der Waals surface area contributed by atoms with E-state index >= 15 is 0 Å². The molecule has 2 heterocycles. The number of hydrogen-bond acceptors (Lipinski definition) is 4. The highest BCUT2D eigenvalue weighted by molar-refractivity contribution is 5.33. The molecule has 0 aliphatic rings. The summed E-state index contributed by atoms with van der Waals surface area (Å²) in [5.74, 6) is 1.69. The van der Waals surface area contributed by atoms with Crippen molar-refractivity contribution in [2.45, 2.75) is 19.9 Å². The van der Waals surface area contributed by atoms with E-state index in [2.05, 4.69) is 15.3 Å². The number of pyridine rings is 1. The number of aryl methyl sites for hydroxylation is 1. The second kappa shape index (κ2) is 4.74. The van der Waals surface area contributed by atoms with Crippen LogP contribution in [0.25, 0.3) is 0 Å². The Morgan fingerprint density at radius 3 is 2.81 bits per heavy atom. The molecule has 0 atom stereocenters. The Bertz CT molecular complexity index is 453. The zero-order chi connectivity index (χ0) is 11.4. The van der Waals surface area contributed by atoms with E-state index in [1.165, 1.54) is 6.07 Å². The Morgan fingerprint density at radius 1 is 1.31 bits per heavy atom. The molecule has 0 aromatic carbocycles. The number of nitrogens with one attached hydrogen (secondary N) is 1. The molecule has 1 N–H and O–H groups in total. The first-order chi connectivity index (χ1) is 7.78. The summed E-state index contributed by atoms with van der Waals surface area (Å²) in [6.07, 6.45) is 3.69. The van der Waals surface area contributed by atoms with Crippen molar-refractivity contribution >= 4 is 5.82 Å². The topological polar surface area (TPSA) is 51.0 Å². The average Bonchev–Trinajstić information content (AvgIpc) is 2.76. The molecule has 0 radical (unpaired) electrons. The van der Waals surface area contributed by atoms with Gasteiger partial charge < -0.3 is 9.73 Å². The Kier molecular flexibility index (Phi) is 3.14. The fraction of sp³-hybridized carbons (Fsp3) is 0.273. The van der Waals surface area contributed by atoms with Crippen molar-refractivity contribution in [3.05, 3.63) is 42.0 Å². The molecule has 2 rings (SSSR count). The van der Waals surface area contributed by atoms with Crippen molar-refractivity contribution in [3.63, 3.8) is 0 Å². The van der Waals surface area contributed by atoms with E-state index < -0.39 is 0 Å². The molecule has 84 valence electrons. The fourth-order valence-electron chi connectivity index (χ4n) is 1.24. The van der Waals surface area contributed by atoms with Gasteiger partial charge in [0.25, 0.3) is 0 Å². The van der Waals surface area contributed by atoms with Gasteiger partial charge in [0, 0.05) is 6.42 Å². The molecule has 0 amide bonds. The van der Waals surface area contributed by atoms with E-state index in [1.54, 1.807) is 12.3 Å². The summed E-state index contributed by atoms with van der Waals surface area (Å²) in [6.45, 7) is 2.44. The Morgan fingerprint density at radius 2 is 2.19 bits per heavy atom. The second-order valence-corrected chi connectivity index (χ2v) is 3.29. The highest BCUT2D eigenvalue weighted by atomic mass is 19.1. The normalized spacial score (nSPS) is 10.4. The smallest absolute Gasteiger partial charge is 0.213 e. The SMILES string of the molecule is CCc1cnc(CNc2ccc(F)cn2)o1. The lowest BCUT2D eigenvalue weighted by molar-refractivity contribution is 0.465. The lowest BCUT2D eigenvalue weighted by Crippen LogP contribution is -2.01. The van der Waals surface area contributed by atoms with Crippen LogP contribution in [-0.4, -0.2) is 9.97 Å². The van der Waals surface area contributed by atoms with Crippen LogP contribution in [0.3, 0.4) is 0 Å². The third kappa shape index (κ3) is 2.56. The molecule has 0 spiro atoms. The van der Waals surface area contributed by atoms with Gasteiger partial charge in [0.1, 0.15) is 17.4 Å². The van der Waals surface area contributed by atoms with Gasteiger partial charge in [-0.25, -0.2) is 14.4 Å². The number of aromatic nitrogens is 2. The summed E-state index contributed by atoms with van der Waals surface area (Å²) >= 11 is 0. The summed E-state index contributed by atoms with van der Waals surface area (Å²) in [6, 6.07) is 2.92. The largest absolute Gasteiger partial charge is 0.444 e. The molecule has 0 saturated carbocycles. The van der Waals surface area contributed by atoms with Crippen molar-refractivity contribution in [3.8, 4) is 0 Å². The van der Waals surface area contributed by atoms with Crippen LogP contribution >= 0.6 is 0 Å². The van der Waals surface area contributed by atoms with Crippen molar-refractivity contribution in [1.29, 1.82) is 0 Å². The molecule has 0 bridgehead atoms. The number of anilines is 1. The van der Waals surface area contributed by atoms with E-state index in [9.17, 15) is 4.39 Å².